The van der Waals surface area contributed by atoms with Gasteiger partial charge in [-0.15, -0.1) is 0 Å². The van der Waals surface area contributed by atoms with Crippen LogP contribution in [0.1, 0.15) is 49.8 Å². The van der Waals surface area contributed by atoms with Crippen LogP contribution in [0.2, 0.25) is 0 Å². The number of rotatable bonds is 4. The highest BCUT2D eigenvalue weighted by molar-refractivity contribution is 5.51. The van der Waals surface area contributed by atoms with Crippen molar-refractivity contribution in [3.63, 3.8) is 0 Å². The minimum absolute atomic E-state index is 0.0661. The van der Waals surface area contributed by atoms with Gasteiger partial charge >= 0.3 is 0 Å². The first-order valence-electron chi connectivity index (χ1n) is 8.98. The molecule has 0 amide bonds. The summed E-state index contributed by atoms with van der Waals surface area (Å²) in [5.41, 5.74) is 4.03. The zero-order chi connectivity index (χ0) is 18.1. The Kier molecular flexibility index (Phi) is 4.81. The molecule has 1 N–H and O–H groups in total. The molecule has 25 heavy (non-hydrogen) atoms. The second-order valence-corrected chi connectivity index (χ2v) is 7.28. The van der Waals surface area contributed by atoms with Crippen molar-refractivity contribution >= 4 is 5.82 Å². The SMILES string of the molecule is C=C(Nc1ccc(C)c(C)n1)C1(C2=C/CCC(F)(F)CC/C=C\2)CC1. The maximum absolute atomic E-state index is 13.7. The normalized spacial score (nSPS) is 24.9. The lowest BCUT2D eigenvalue weighted by Crippen LogP contribution is -2.15. The van der Waals surface area contributed by atoms with Crippen LogP contribution in [-0.2, 0) is 0 Å². The minimum atomic E-state index is -2.56. The number of halogens is 2. The van der Waals surface area contributed by atoms with Gasteiger partial charge in [0.15, 0.2) is 0 Å². The van der Waals surface area contributed by atoms with Gasteiger partial charge in [-0.25, -0.2) is 13.8 Å². The molecule has 134 valence electrons. The summed E-state index contributed by atoms with van der Waals surface area (Å²) >= 11 is 0. The molecule has 0 aliphatic heterocycles. The van der Waals surface area contributed by atoms with Crippen molar-refractivity contribution in [2.75, 3.05) is 5.32 Å². The Balaban J connectivity index is 1.77. The van der Waals surface area contributed by atoms with Gasteiger partial charge in [-0.05, 0) is 56.7 Å². The average molecular weight is 344 g/mol. The summed E-state index contributed by atoms with van der Waals surface area (Å²) in [5.74, 6) is -1.77. The van der Waals surface area contributed by atoms with Gasteiger partial charge < -0.3 is 5.32 Å². The molecule has 1 fully saturated rings. The number of hydrogen-bond acceptors (Lipinski definition) is 2. The third kappa shape index (κ3) is 4.00. The zero-order valence-corrected chi connectivity index (χ0v) is 15.0. The molecule has 0 spiro atoms. The number of nitrogens with zero attached hydrogens (tertiary/aromatic N) is 1. The first kappa shape index (κ1) is 17.8. The molecule has 0 atom stereocenters. The Labute approximate surface area is 148 Å². The standard InChI is InChI=1S/C21H26F2N2/c1-15-9-10-19(24-16(15)2)25-17(3)20(13-14-20)18-7-4-5-11-21(22,23)12-6-8-18/h4,7-10H,3,5-6,11-14H2,1-2H3,(H,24,25)/b7-4-,18-8+. The highest BCUT2D eigenvalue weighted by atomic mass is 19.3. The lowest BCUT2D eigenvalue weighted by molar-refractivity contribution is -0.0141. The number of alkyl halides is 2. The van der Waals surface area contributed by atoms with Crippen LogP contribution in [0, 0.1) is 19.3 Å². The summed E-state index contributed by atoms with van der Waals surface area (Å²) in [4.78, 5) is 4.56. The third-order valence-corrected chi connectivity index (χ3v) is 5.36. The van der Waals surface area contributed by atoms with E-state index in [-0.39, 0.29) is 18.3 Å². The lowest BCUT2D eigenvalue weighted by atomic mass is 9.90. The van der Waals surface area contributed by atoms with Crippen LogP contribution in [0.25, 0.3) is 0 Å². The number of aromatic nitrogens is 1. The summed E-state index contributed by atoms with van der Waals surface area (Å²) in [6.45, 7) is 8.26. The van der Waals surface area contributed by atoms with Crippen LogP contribution < -0.4 is 5.32 Å². The van der Waals surface area contributed by atoms with Gasteiger partial charge in [0.25, 0.3) is 0 Å². The van der Waals surface area contributed by atoms with Crippen molar-refractivity contribution < 1.29 is 8.78 Å². The van der Waals surface area contributed by atoms with E-state index in [1.54, 1.807) is 0 Å². The minimum Gasteiger partial charge on any atom is -0.343 e. The molecule has 0 unspecified atom stereocenters. The number of allylic oxidation sites excluding steroid dienone is 4. The van der Waals surface area contributed by atoms with E-state index >= 15 is 0 Å². The van der Waals surface area contributed by atoms with Gasteiger partial charge in [0.2, 0.25) is 5.92 Å². The van der Waals surface area contributed by atoms with Crippen LogP contribution in [0.3, 0.4) is 0 Å². The third-order valence-electron chi connectivity index (χ3n) is 5.36. The first-order chi connectivity index (χ1) is 11.8. The second-order valence-electron chi connectivity index (χ2n) is 7.28. The number of anilines is 1. The van der Waals surface area contributed by atoms with Crippen molar-refractivity contribution in [2.24, 2.45) is 5.41 Å². The van der Waals surface area contributed by atoms with Crippen LogP contribution >= 0.6 is 0 Å². The van der Waals surface area contributed by atoms with E-state index in [4.69, 9.17) is 0 Å². The van der Waals surface area contributed by atoms with Gasteiger partial charge in [0.1, 0.15) is 5.82 Å². The van der Waals surface area contributed by atoms with E-state index in [1.165, 1.54) is 0 Å². The van der Waals surface area contributed by atoms with Gasteiger partial charge in [0.05, 0.1) is 0 Å². The molecule has 0 bridgehead atoms. The van der Waals surface area contributed by atoms with Crippen LogP contribution in [0.4, 0.5) is 14.6 Å². The fraction of sp³-hybridized carbons (Fsp3) is 0.476. The molecule has 1 aromatic rings. The molecule has 1 aromatic heterocycles. The van der Waals surface area contributed by atoms with Gasteiger partial charge in [0, 0.05) is 29.6 Å². The van der Waals surface area contributed by atoms with Crippen LogP contribution in [-0.4, -0.2) is 10.9 Å². The maximum atomic E-state index is 13.7. The Hall–Kier alpha value is -1.97. The maximum Gasteiger partial charge on any atom is 0.248 e. The van der Waals surface area contributed by atoms with E-state index in [1.807, 2.05) is 44.2 Å². The summed E-state index contributed by atoms with van der Waals surface area (Å²) in [6, 6.07) is 4.00. The van der Waals surface area contributed by atoms with Crippen molar-refractivity contribution in [2.45, 2.75) is 58.3 Å². The number of hydrogen-bond donors (Lipinski definition) is 1. The molecule has 2 aliphatic rings. The van der Waals surface area contributed by atoms with E-state index in [9.17, 15) is 8.78 Å². The van der Waals surface area contributed by atoms with E-state index < -0.39 is 5.92 Å². The molecule has 1 heterocycles. The smallest absolute Gasteiger partial charge is 0.248 e. The summed E-state index contributed by atoms with van der Waals surface area (Å²) in [7, 11) is 0. The predicted octanol–water partition coefficient (Wildman–Crippen LogP) is 6.10. The topological polar surface area (TPSA) is 24.9 Å². The predicted molar refractivity (Wildman–Crippen MR) is 98.8 cm³/mol. The quantitative estimate of drug-likeness (QED) is 0.714. The van der Waals surface area contributed by atoms with Crippen molar-refractivity contribution in [1.82, 2.24) is 4.98 Å². The Morgan fingerprint density at radius 1 is 1.12 bits per heavy atom. The van der Waals surface area contributed by atoms with Crippen molar-refractivity contribution in [3.05, 3.63) is 59.5 Å². The summed E-state index contributed by atoms with van der Waals surface area (Å²) in [5, 5.41) is 3.35. The molecule has 1 saturated carbocycles. The molecular formula is C21H26F2N2. The fourth-order valence-electron chi connectivity index (χ4n) is 3.36. The molecule has 0 saturated heterocycles. The largest absolute Gasteiger partial charge is 0.343 e. The second kappa shape index (κ2) is 6.74. The molecule has 2 aliphatic carbocycles. The van der Waals surface area contributed by atoms with E-state index in [2.05, 4.69) is 16.9 Å². The molecule has 2 nitrogen and oxygen atoms in total. The summed E-state index contributed by atoms with van der Waals surface area (Å²) in [6.07, 6.45) is 8.55. The lowest BCUT2D eigenvalue weighted by Gasteiger charge is -2.22. The van der Waals surface area contributed by atoms with Crippen LogP contribution in [0.15, 0.2) is 48.2 Å². The highest BCUT2D eigenvalue weighted by Crippen LogP contribution is 2.57. The fourth-order valence-corrected chi connectivity index (χ4v) is 3.36. The number of pyridine rings is 1. The highest BCUT2D eigenvalue weighted by Gasteiger charge is 2.48. The number of nitrogens with one attached hydrogen (secondary N) is 1. The number of aryl methyl sites for hydroxylation is 2. The van der Waals surface area contributed by atoms with Gasteiger partial charge in [-0.3, -0.25) is 0 Å². The first-order valence-corrected chi connectivity index (χ1v) is 8.98. The molecular weight excluding hydrogens is 318 g/mol. The van der Waals surface area contributed by atoms with Gasteiger partial charge in [-0.2, -0.15) is 0 Å². The van der Waals surface area contributed by atoms with Crippen LogP contribution in [0.5, 0.6) is 0 Å². The average Bonchev–Trinajstić information content (AvgIpc) is 3.33. The van der Waals surface area contributed by atoms with E-state index in [0.29, 0.717) is 12.8 Å². The molecule has 0 radical (unpaired) electrons. The zero-order valence-electron chi connectivity index (χ0n) is 15.0. The molecule has 0 aromatic carbocycles. The molecule has 4 heteroatoms. The van der Waals surface area contributed by atoms with Crippen molar-refractivity contribution in [1.29, 1.82) is 0 Å². The molecule has 3 rings (SSSR count). The summed E-state index contributed by atoms with van der Waals surface area (Å²) < 4.78 is 27.4. The Bertz CT molecular complexity index is 727. The van der Waals surface area contributed by atoms with E-state index in [0.717, 1.165) is 41.2 Å². The van der Waals surface area contributed by atoms with Gasteiger partial charge in [-0.1, -0.05) is 30.9 Å². The Morgan fingerprint density at radius 2 is 1.84 bits per heavy atom. The van der Waals surface area contributed by atoms with Crippen molar-refractivity contribution in [3.8, 4) is 0 Å². The monoisotopic (exact) mass is 344 g/mol. The Morgan fingerprint density at radius 3 is 2.52 bits per heavy atom.